The second-order valence-corrected chi connectivity index (χ2v) is 10.3. The van der Waals surface area contributed by atoms with Crippen LogP contribution in [0, 0.1) is 6.92 Å². The fraction of sp³-hybridized carbons (Fsp3) is 0.435. The van der Waals surface area contributed by atoms with Crippen LogP contribution in [0.3, 0.4) is 0 Å². The smallest absolute Gasteiger partial charge is 0.243 e. The van der Waals surface area contributed by atoms with Gasteiger partial charge in [0.25, 0.3) is 0 Å². The number of rotatable bonds is 7. The standard InChI is InChI=1S/C23H29ClN2O3S/c1-17-8-14-22(15-9-17)30(28,29)26(21-6-4-3-5-7-21)16-23(27)25-18(2)19-10-12-20(24)13-11-19/h8-15,18,21H,3-7,16H2,1-2H3,(H,25,27)/t18-/m0/s1. The van der Waals surface area contributed by atoms with Crippen molar-refractivity contribution >= 4 is 27.5 Å². The van der Waals surface area contributed by atoms with Crippen LogP contribution in [0.1, 0.15) is 56.2 Å². The molecule has 0 aromatic heterocycles. The van der Waals surface area contributed by atoms with Crippen molar-refractivity contribution in [3.8, 4) is 0 Å². The van der Waals surface area contributed by atoms with E-state index in [-0.39, 0.29) is 29.4 Å². The number of amides is 1. The third kappa shape index (κ3) is 5.62. The highest BCUT2D eigenvalue weighted by Crippen LogP contribution is 2.28. The number of sulfonamides is 1. The first-order chi connectivity index (χ1) is 14.3. The van der Waals surface area contributed by atoms with Crippen molar-refractivity contribution in [1.29, 1.82) is 0 Å². The number of aryl methyl sites for hydroxylation is 1. The van der Waals surface area contributed by atoms with E-state index in [4.69, 9.17) is 11.6 Å². The molecule has 162 valence electrons. The molecule has 1 atom stereocenters. The van der Waals surface area contributed by atoms with Crippen LogP contribution in [0.4, 0.5) is 0 Å². The van der Waals surface area contributed by atoms with Gasteiger partial charge in [0.15, 0.2) is 0 Å². The highest BCUT2D eigenvalue weighted by molar-refractivity contribution is 7.89. The molecular formula is C23H29ClN2O3S. The number of hydrogen-bond donors (Lipinski definition) is 1. The van der Waals surface area contributed by atoms with Crippen LogP contribution >= 0.6 is 11.6 Å². The van der Waals surface area contributed by atoms with Crippen LogP contribution in [0.2, 0.25) is 5.02 Å². The Morgan fingerprint density at radius 3 is 2.27 bits per heavy atom. The van der Waals surface area contributed by atoms with E-state index in [1.807, 2.05) is 26.0 Å². The fourth-order valence-corrected chi connectivity index (χ4v) is 5.66. The van der Waals surface area contributed by atoms with Gasteiger partial charge in [-0.3, -0.25) is 4.79 Å². The molecule has 1 N–H and O–H groups in total. The third-order valence-corrected chi connectivity index (χ3v) is 7.82. The normalized spacial score (nSPS) is 16.4. The monoisotopic (exact) mass is 448 g/mol. The van der Waals surface area contributed by atoms with Crippen molar-refractivity contribution in [1.82, 2.24) is 9.62 Å². The van der Waals surface area contributed by atoms with E-state index in [9.17, 15) is 13.2 Å². The van der Waals surface area contributed by atoms with Crippen LogP contribution in [0.15, 0.2) is 53.4 Å². The van der Waals surface area contributed by atoms with Crippen LogP contribution in [0.5, 0.6) is 0 Å². The lowest BCUT2D eigenvalue weighted by molar-refractivity contribution is -0.122. The maximum absolute atomic E-state index is 13.4. The largest absolute Gasteiger partial charge is 0.348 e. The predicted octanol–water partition coefficient (Wildman–Crippen LogP) is 4.85. The lowest BCUT2D eigenvalue weighted by Crippen LogP contribution is -2.47. The van der Waals surface area contributed by atoms with Crippen LogP contribution in [-0.2, 0) is 14.8 Å². The van der Waals surface area contributed by atoms with Crippen molar-refractivity contribution < 1.29 is 13.2 Å². The average molecular weight is 449 g/mol. The van der Waals surface area contributed by atoms with Crippen molar-refractivity contribution in [3.05, 3.63) is 64.7 Å². The van der Waals surface area contributed by atoms with Gasteiger partial charge in [-0.2, -0.15) is 4.31 Å². The van der Waals surface area contributed by atoms with Gasteiger partial charge in [-0.1, -0.05) is 60.7 Å². The average Bonchev–Trinajstić information content (AvgIpc) is 2.73. The first-order valence-corrected chi connectivity index (χ1v) is 12.2. The molecule has 5 nitrogen and oxygen atoms in total. The molecule has 30 heavy (non-hydrogen) atoms. The van der Waals surface area contributed by atoms with Gasteiger partial charge in [-0.05, 0) is 56.5 Å². The quantitative estimate of drug-likeness (QED) is 0.658. The first kappa shape index (κ1) is 22.8. The van der Waals surface area contributed by atoms with Gasteiger partial charge in [0.2, 0.25) is 15.9 Å². The number of halogens is 1. The number of nitrogens with zero attached hydrogens (tertiary/aromatic N) is 1. The molecule has 1 amide bonds. The molecule has 2 aromatic carbocycles. The number of benzene rings is 2. The van der Waals surface area contributed by atoms with E-state index in [0.717, 1.165) is 43.2 Å². The zero-order valence-electron chi connectivity index (χ0n) is 17.5. The number of nitrogens with one attached hydrogen (secondary N) is 1. The maximum atomic E-state index is 13.4. The Labute approximate surface area is 184 Å². The van der Waals surface area contributed by atoms with E-state index >= 15 is 0 Å². The topological polar surface area (TPSA) is 66.5 Å². The van der Waals surface area contributed by atoms with Crippen LogP contribution < -0.4 is 5.32 Å². The van der Waals surface area contributed by atoms with Crippen molar-refractivity contribution in [2.45, 2.75) is 62.9 Å². The van der Waals surface area contributed by atoms with Crippen molar-refractivity contribution in [2.24, 2.45) is 0 Å². The van der Waals surface area contributed by atoms with E-state index in [1.165, 1.54) is 4.31 Å². The van der Waals surface area contributed by atoms with Crippen LogP contribution in [-0.4, -0.2) is 31.2 Å². The maximum Gasteiger partial charge on any atom is 0.243 e. The van der Waals surface area contributed by atoms with Crippen molar-refractivity contribution in [3.63, 3.8) is 0 Å². The lowest BCUT2D eigenvalue weighted by atomic mass is 9.95. The number of hydrogen-bond acceptors (Lipinski definition) is 3. The molecule has 0 unspecified atom stereocenters. The molecule has 0 saturated heterocycles. The molecule has 3 rings (SSSR count). The predicted molar refractivity (Wildman–Crippen MR) is 120 cm³/mol. The minimum atomic E-state index is -3.76. The summed E-state index contributed by atoms with van der Waals surface area (Å²) in [6, 6.07) is 13.7. The van der Waals surface area contributed by atoms with Gasteiger partial charge in [0.1, 0.15) is 0 Å². The molecule has 1 fully saturated rings. The second kappa shape index (κ2) is 9.94. The summed E-state index contributed by atoms with van der Waals surface area (Å²) in [6.07, 6.45) is 4.63. The molecule has 1 aliphatic rings. The minimum Gasteiger partial charge on any atom is -0.348 e. The Morgan fingerprint density at radius 2 is 1.67 bits per heavy atom. The van der Waals surface area contributed by atoms with E-state index in [0.29, 0.717) is 5.02 Å². The van der Waals surface area contributed by atoms with Crippen LogP contribution in [0.25, 0.3) is 0 Å². The zero-order chi connectivity index (χ0) is 21.7. The Hall–Kier alpha value is -1.89. The summed E-state index contributed by atoms with van der Waals surface area (Å²) in [7, 11) is -3.76. The molecule has 0 spiro atoms. The molecule has 0 heterocycles. The van der Waals surface area contributed by atoms with E-state index in [2.05, 4.69) is 5.32 Å². The second-order valence-electron chi connectivity index (χ2n) is 8.00. The van der Waals surface area contributed by atoms with Gasteiger partial charge in [-0.15, -0.1) is 0 Å². The van der Waals surface area contributed by atoms with E-state index in [1.54, 1.807) is 36.4 Å². The lowest BCUT2D eigenvalue weighted by Gasteiger charge is -2.33. The van der Waals surface area contributed by atoms with Gasteiger partial charge >= 0.3 is 0 Å². The zero-order valence-corrected chi connectivity index (χ0v) is 19.0. The van der Waals surface area contributed by atoms with Crippen molar-refractivity contribution in [2.75, 3.05) is 6.54 Å². The highest BCUT2D eigenvalue weighted by Gasteiger charge is 2.34. The molecule has 0 radical (unpaired) electrons. The molecular weight excluding hydrogens is 420 g/mol. The Morgan fingerprint density at radius 1 is 1.07 bits per heavy atom. The Bertz CT molecular complexity index is 953. The number of carbonyl (C=O) groups is 1. The Kier molecular flexibility index (Phi) is 7.55. The molecule has 1 aliphatic carbocycles. The first-order valence-electron chi connectivity index (χ1n) is 10.4. The summed E-state index contributed by atoms with van der Waals surface area (Å²) in [6.45, 7) is 3.61. The van der Waals surface area contributed by atoms with Gasteiger partial charge in [-0.25, -0.2) is 8.42 Å². The molecule has 0 bridgehead atoms. The third-order valence-electron chi connectivity index (χ3n) is 5.66. The summed E-state index contributed by atoms with van der Waals surface area (Å²) in [5.41, 5.74) is 1.91. The number of carbonyl (C=O) groups excluding carboxylic acids is 1. The highest BCUT2D eigenvalue weighted by atomic mass is 35.5. The minimum absolute atomic E-state index is 0.151. The Balaban J connectivity index is 1.79. The van der Waals surface area contributed by atoms with Gasteiger partial charge in [0.05, 0.1) is 17.5 Å². The molecule has 0 aliphatic heterocycles. The molecule has 7 heteroatoms. The molecule has 1 saturated carbocycles. The summed E-state index contributed by atoms with van der Waals surface area (Å²) < 4.78 is 28.2. The SMILES string of the molecule is Cc1ccc(S(=O)(=O)N(CC(=O)N[C@@H](C)c2ccc(Cl)cc2)C2CCCCC2)cc1. The summed E-state index contributed by atoms with van der Waals surface area (Å²) >= 11 is 5.93. The fourth-order valence-electron chi connectivity index (χ4n) is 3.89. The summed E-state index contributed by atoms with van der Waals surface area (Å²) in [4.78, 5) is 13.1. The van der Waals surface area contributed by atoms with Gasteiger partial charge in [0, 0.05) is 11.1 Å². The molecule has 2 aromatic rings. The summed E-state index contributed by atoms with van der Waals surface area (Å²) in [5, 5.41) is 3.56. The summed E-state index contributed by atoms with van der Waals surface area (Å²) in [5.74, 6) is -0.307. The van der Waals surface area contributed by atoms with E-state index < -0.39 is 10.0 Å². The van der Waals surface area contributed by atoms with Gasteiger partial charge < -0.3 is 5.32 Å².